The summed E-state index contributed by atoms with van der Waals surface area (Å²) in [6, 6.07) is 0. The number of allylic oxidation sites excluding steroid dienone is 10. The topological polar surface area (TPSA) is 117 Å². The van der Waals surface area contributed by atoms with Crippen molar-refractivity contribution >= 4 is 13.8 Å². The minimum Gasteiger partial charge on any atom is -0.457 e. The van der Waals surface area contributed by atoms with Crippen LogP contribution in [-0.2, 0) is 27.9 Å². The monoisotopic (exact) mass is 766 g/mol. The van der Waals surface area contributed by atoms with Crippen LogP contribution in [0.1, 0.15) is 174 Å². The molecule has 0 aromatic rings. The Morgan fingerprint density at radius 3 is 1.60 bits per heavy atom. The summed E-state index contributed by atoms with van der Waals surface area (Å²) in [4.78, 5) is 22.5. The highest BCUT2D eigenvalue weighted by Gasteiger charge is 2.25. The van der Waals surface area contributed by atoms with Crippen LogP contribution < -0.4 is 5.73 Å². The zero-order valence-electron chi connectivity index (χ0n) is 34.0. The fourth-order valence-electron chi connectivity index (χ4n) is 5.57. The molecule has 53 heavy (non-hydrogen) atoms. The Bertz CT molecular complexity index is 994. The number of carbonyl (C=O) groups is 1. The summed E-state index contributed by atoms with van der Waals surface area (Å²) in [6.45, 7) is 4.76. The average Bonchev–Trinajstić information content (AvgIpc) is 3.15. The van der Waals surface area contributed by atoms with Crippen molar-refractivity contribution in [1.82, 2.24) is 0 Å². The van der Waals surface area contributed by atoms with E-state index in [4.69, 9.17) is 24.3 Å². The number of nitrogens with two attached hydrogens (primary N) is 1. The van der Waals surface area contributed by atoms with Gasteiger partial charge < -0.3 is 20.1 Å². The van der Waals surface area contributed by atoms with Crippen molar-refractivity contribution in [3.05, 3.63) is 60.8 Å². The molecule has 0 fully saturated rings. The molecule has 0 aromatic heterocycles. The Hall–Kier alpha value is -1.80. The maximum absolute atomic E-state index is 12.6. The predicted octanol–water partition coefficient (Wildman–Crippen LogP) is 12.6. The molecular weight excluding hydrogens is 685 g/mol. The van der Waals surface area contributed by atoms with E-state index < -0.39 is 13.9 Å². The van der Waals surface area contributed by atoms with Crippen molar-refractivity contribution in [2.75, 3.05) is 33.0 Å². The van der Waals surface area contributed by atoms with Crippen LogP contribution in [-0.4, -0.2) is 49.9 Å². The quantitative estimate of drug-likeness (QED) is 0.0274. The Morgan fingerprint density at radius 1 is 0.585 bits per heavy atom. The van der Waals surface area contributed by atoms with Gasteiger partial charge >= 0.3 is 13.8 Å². The smallest absolute Gasteiger partial charge is 0.457 e. The number of esters is 1. The number of hydrogen-bond acceptors (Lipinski definition) is 7. The lowest BCUT2D eigenvalue weighted by Crippen LogP contribution is -2.28. The molecule has 308 valence electrons. The molecule has 3 N–H and O–H groups in total. The highest BCUT2D eigenvalue weighted by atomic mass is 31.2. The van der Waals surface area contributed by atoms with Crippen LogP contribution in [0.4, 0.5) is 0 Å². The molecule has 8 nitrogen and oxygen atoms in total. The molecule has 0 heterocycles. The van der Waals surface area contributed by atoms with Gasteiger partial charge in [-0.2, -0.15) is 0 Å². The van der Waals surface area contributed by atoms with Crippen LogP contribution in [0.2, 0.25) is 0 Å². The number of carbonyl (C=O) groups excluding carboxylic acids is 1. The summed E-state index contributed by atoms with van der Waals surface area (Å²) < 4.78 is 33.4. The molecule has 0 rings (SSSR count). The third kappa shape index (κ3) is 41.2. The Kier molecular flexibility index (Phi) is 40.0. The molecule has 0 radical (unpaired) electrons. The van der Waals surface area contributed by atoms with Crippen molar-refractivity contribution in [3.8, 4) is 0 Å². The van der Waals surface area contributed by atoms with Crippen molar-refractivity contribution in [2.45, 2.75) is 180 Å². The number of ether oxygens (including phenoxy) is 2. The number of rotatable bonds is 40. The maximum atomic E-state index is 12.6. The Balaban J connectivity index is 4.05. The van der Waals surface area contributed by atoms with Crippen LogP contribution in [0, 0.1) is 0 Å². The molecule has 2 atom stereocenters. The van der Waals surface area contributed by atoms with Crippen molar-refractivity contribution in [3.63, 3.8) is 0 Å². The summed E-state index contributed by atoms with van der Waals surface area (Å²) in [5, 5.41) is 0. The molecule has 0 amide bonds. The lowest BCUT2D eigenvalue weighted by molar-refractivity contribution is -0.154. The van der Waals surface area contributed by atoms with Gasteiger partial charge in [-0.3, -0.25) is 13.8 Å². The third-order valence-electron chi connectivity index (χ3n) is 8.67. The zero-order chi connectivity index (χ0) is 38.8. The van der Waals surface area contributed by atoms with E-state index in [0.717, 1.165) is 64.2 Å². The molecule has 0 aliphatic carbocycles. The van der Waals surface area contributed by atoms with Crippen LogP contribution in [0.5, 0.6) is 0 Å². The first kappa shape index (κ1) is 51.2. The molecule has 9 heteroatoms. The predicted molar refractivity (Wildman–Crippen MR) is 224 cm³/mol. The zero-order valence-corrected chi connectivity index (χ0v) is 34.9. The van der Waals surface area contributed by atoms with E-state index >= 15 is 0 Å². The molecule has 0 bridgehead atoms. The molecule has 0 spiro atoms. The van der Waals surface area contributed by atoms with Gasteiger partial charge in [-0.1, -0.05) is 152 Å². The van der Waals surface area contributed by atoms with Gasteiger partial charge in [-0.15, -0.1) is 0 Å². The molecule has 2 unspecified atom stereocenters. The summed E-state index contributed by atoms with van der Waals surface area (Å²) >= 11 is 0. The van der Waals surface area contributed by atoms with E-state index in [1.807, 2.05) is 0 Å². The number of phosphoric ester groups is 1. The summed E-state index contributed by atoms with van der Waals surface area (Å²) in [5.41, 5.74) is 5.36. The SMILES string of the molecule is CC/C=C\C/C=C\C/C=C\C/C=C\CCCCCCCCCCC(=O)OC(COCCCCCCCC/C=C\CCCCC)COP(=O)(O)OCCN. The highest BCUT2D eigenvalue weighted by molar-refractivity contribution is 7.47. The van der Waals surface area contributed by atoms with Crippen molar-refractivity contribution in [1.29, 1.82) is 0 Å². The van der Waals surface area contributed by atoms with Gasteiger partial charge in [0.15, 0.2) is 0 Å². The second-order valence-electron chi connectivity index (χ2n) is 13.8. The van der Waals surface area contributed by atoms with Crippen LogP contribution >= 0.6 is 7.82 Å². The van der Waals surface area contributed by atoms with E-state index in [2.05, 4.69) is 74.6 Å². The minimum absolute atomic E-state index is 0.0955. The molecule has 0 aliphatic heterocycles. The fraction of sp³-hybridized carbons (Fsp3) is 0.750. The maximum Gasteiger partial charge on any atom is 0.472 e. The Labute approximate surface area is 325 Å². The number of phosphoric acid groups is 1. The lowest BCUT2D eigenvalue weighted by Gasteiger charge is -2.20. The minimum atomic E-state index is -4.28. The van der Waals surface area contributed by atoms with E-state index in [0.29, 0.717) is 13.0 Å². The van der Waals surface area contributed by atoms with Crippen LogP contribution in [0.15, 0.2) is 60.8 Å². The first-order valence-electron chi connectivity index (χ1n) is 21.3. The first-order valence-corrected chi connectivity index (χ1v) is 22.8. The van der Waals surface area contributed by atoms with E-state index in [9.17, 15) is 14.3 Å². The summed E-state index contributed by atoms with van der Waals surface area (Å²) in [5.74, 6) is -0.343. The van der Waals surface area contributed by atoms with Crippen molar-refractivity contribution in [2.24, 2.45) is 5.73 Å². The second kappa shape index (κ2) is 41.4. The fourth-order valence-corrected chi connectivity index (χ4v) is 6.33. The van der Waals surface area contributed by atoms with Crippen LogP contribution in [0.25, 0.3) is 0 Å². The number of unbranched alkanes of at least 4 members (excludes halogenated alkanes) is 17. The first-order chi connectivity index (χ1) is 25.9. The van der Waals surface area contributed by atoms with Gasteiger partial charge in [-0.25, -0.2) is 4.57 Å². The van der Waals surface area contributed by atoms with E-state index in [1.165, 1.54) is 89.9 Å². The highest BCUT2D eigenvalue weighted by Crippen LogP contribution is 2.43. The lowest BCUT2D eigenvalue weighted by atomic mass is 10.1. The van der Waals surface area contributed by atoms with Gasteiger partial charge in [-0.05, 0) is 77.0 Å². The van der Waals surface area contributed by atoms with Gasteiger partial charge in [0, 0.05) is 19.6 Å². The summed E-state index contributed by atoms with van der Waals surface area (Å²) in [6.07, 6.45) is 49.5. The molecule has 0 aliphatic rings. The van der Waals surface area contributed by atoms with Gasteiger partial charge in [0.05, 0.1) is 19.8 Å². The largest absolute Gasteiger partial charge is 0.472 e. The van der Waals surface area contributed by atoms with E-state index in [-0.39, 0.29) is 32.3 Å². The standard InChI is InChI=1S/C44H80NO7P/c1-3-5-7-9-11-13-15-17-18-19-20-21-22-23-24-25-27-29-31-33-35-37-44(46)52-43(42-51-53(47,48)50-40-38-45)41-49-39-36-34-32-30-28-26-16-14-12-10-8-6-4-2/h5,7,11-14,17-18,20-21,43H,3-4,6,8-10,15-16,19,22-42,45H2,1-2H3,(H,47,48)/b7-5-,13-11-,14-12-,18-17-,21-20-. The molecule has 0 saturated heterocycles. The van der Waals surface area contributed by atoms with Gasteiger partial charge in [0.2, 0.25) is 0 Å². The Morgan fingerprint density at radius 2 is 1.06 bits per heavy atom. The average molecular weight is 766 g/mol. The summed E-state index contributed by atoms with van der Waals surface area (Å²) in [7, 11) is -4.28. The number of hydrogen-bond donors (Lipinski definition) is 2. The second-order valence-corrected chi connectivity index (χ2v) is 15.3. The normalized spacial score (nSPS) is 14.1. The van der Waals surface area contributed by atoms with Crippen LogP contribution in [0.3, 0.4) is 0 Å². The van der Waals surface area contributed by atoms with E-state index in [1.54, 1.807) is 0 Å². The van der Waals surface area contributed by atoms with Gasteiger partial charge in [0.25, 0.3) is 0 Å². The molecular formula is C44H80NO7P. The molecule has 0 saturated carbocycles. The van der Waals surface area contributed by atoms with Gasteiger partial charge in [0.1, 0.15) is 6.10 Å². The molecule has 0 aromatic carbocycles. The third-order valence-corrected chi connectivity index (χ3v) is 9.65. The van der Waals surface area contributed by atoms with Crippen molar-refractivity contribution < 1.29 is 32.8 Å².